The van der Waals surface area contributed by atoms with Gasteiger partial charge in [-0.25, -0.2) is 17.8 Å². The molecule has 0 N–H and O–H groups in total. The molecule has 3 aromatic rings. The van der Waals surface area contributed by atoms with Gasteiger partial charge >= 0.3 is 11.6 Å². The van der Waals surface area contributed by atoms with Crippen LogP contribution in [0.15, 0.2) is 69.2 Å². The standard InChI is InChI=1S/C15H12N2O6S/c1-22-11-4-6-12(7-5-11)24(20,21)17-9-8-16(15(17)19)14(18)13-3-2-10-23-13/h2-10H,1H3. The fourth-order valence-corrected chi connectivity index (χ4v) is 3.29. The Morgan fingerprint density at radius 2 is 1.83 bits per heavy atom. The summed E-state index contributed by atoms with van der Waals surface area (Å²) in [5, 5.41) is 0. The lowest BCUT2D eigenvalue weighted by Crippen LogP contribution is -2.32. The van der Waals surface area contributed by atoms with E-state index in [9.17, 15) is 18.0 Å². The van der Waals surface area contributed by atoms with Crippen molar-refractivity contribution in [3.63, 3.8) is 0 Å². The highest BCUT2D eigenvalue weighted by molar-refractivity contribution is 7.90. The van der Waals surface area contributed by atoms with E-state index in [0.717, 1.165) is 12.4 Å². The maximum atomic E-state index is 12.6. The normalized spacial score (nSPS) is 11.4. The Hall–Kier alpha value is -3.07. The van der Waals surface area contributed by atoms with E-state index < -0.39 is 21.6 Å². The predicted octanol–water partition coefficient (Wildman–Crippen LogP) is 1.18. The second kappa shape index (κ2) is 5.85. The molecule has 0 aliphatic heterocycles. The molecule has 0 atom stereocenters. The Balaban J connectivity index is 2.03. The molecule has 0 aliphatic carbocycles. The highest BCUT2D eigenvalue weighted by Crippen LogP contribution is 2.17. The molecule has 0 amide bonds. The van der Waals surface area contributed by atoms with Crippen molar-refractivity contribution in [1.29, 1.82) is 0 Å². The van der Waals surface area contributed by atoms with Crippen LogP contribution in [0.3, 0.4) is 0 Å². The van der Waals surface area contributed by atoms with Crippen LogP contribution in [0.1, 0.15) is 10.6 Å². The van der Waals surface area contributed by atoms with Gasteiger partial charge in [-0.3, -0.25) is 4.79 Å². The van der Waals surface area contributed by atoms with Crippen LogP contribution in [0.25, 0.3) is 0 Å². The molecule has 1 aromatic carbocycles. The van der Waals surface area contributed by atoms with E-state index in [-0.39, 0.29) is 10.7 Å². The number of imidazole rings is 1. The molecular weight excluding hydrogens is 336 g/mol. The minimum absolute atomic E-state index is 0.0725. The number of methoxy groups -OCH3 is 1. The van der Waals surface area contributed by atoms with Crippen molar-refractivity contribution in [2.75, 3.05) is 7.11 Å². The van der Waals surface area contributed by atoms with Gasteiger partial charge < -0.3 is 9.15 Å². The zero-order valence-electron chi connectivity index (χ0n) is 12.4. The second-order valence-corrected chi connectivity index (χ2v) is 6.52. The Morgan fingerprint density at radius 3 is 2.42 bits per heavy atom. The summed E-state index contributed by atoms with van der Waals surface area (Å²) in [4.78, 5) is 24.3. The van der Waals surface area contributed by atoms with Gasteiger partial charge in [0.25, 0.3) is 10.0 Å². The number of ether oxygens (including phenoxy) is 1. The Labute approximate surface area is 136 Å². The number of hydrogen-bond acceptors (Lipinski definition) is 6. The molecule has 3 rings (SSSR count). The largest absolute Gasteiger partial charge is 0.497 e. The summed E-state index contributed by atoms with van der Waals surface area (Å²) in [5.41, 5.74) is -1.01. The SMILES string of the molecule is COc1ccc(S(=O)(=O)n2ccn(C(=O)c3ccco3)c2=O)cc1. The monoisotopic (exact) mass is 348 g/mol. The van der Waals surface area contributed by atoms with Gasteiger partial charge in [0.15, 0.2) is 5.76 Å². The number of benzene rings is 1. The van der Waals surface area contributed by atoms with Crippen LogP contribution in [-0.4, -0.2) is 30.0 Å². The fraction of sp³-hybridized carbons (Fsp3) is 0.0667. The topological polar surface area (TPSA) is 101 Å². The number of hydrogen-bond donors (Lipinski definition) is 0. The van der Waals surface area contributed by atoms with Crippen molar-refractivity contribution in [2.45, 2.75) is 4.90 Å². The Morgan fingerprint density at radius 1 is 1.12 bits per heavy atom. The van der Waals surface area contributed by atoms with Gasteiger partial charge in [0.05, 0.1) is 18.3 Å². The minimum Gasteiger partial charge on any atom is -0.497 e. The second-order valence-electron chi connectivity index (χ2n) is 4.71. The molecule has 9 heteroatoms. The first-order chi connectivity index (χ1) is 11.4. The van der Waals surface area contributed by atoms with Crippen molar-refractivity contribution in [3.8, 4) is 5.75 Å². The van der Waals surface area contributed by atoms with Crippen molar-refractivity contribution >= 4 is 15.9 Å². The van der Waals surface area contributed by atoms with E-state index in [2.05, 4.69) is 0 Å². The molecular formula is C15H12N2O6S. The molecule has 0 saturated heterocycles. The molecule has 2 heterocycles. The maximum Gasteiger partial charge on any atom is 0.349 e. The molecule has 0 spiro atoms. The quantitative estimate of drug-likeness (QED) is 0.702. The van der Waals surface area contributed by atoms with Crippen molar-refractivity contribution in [2.24, 2.45) is 0 Å². The first kappa shape index (κ1) is 15.8. The summed E-state index contributed by atoms with van der Waals surface area (Å²) in [6.45, 7) is 0. The van der Waals surface area contributed by atoms with Crippen LogP contribution in [0.5, 0.6) is 5.75 Å². The van der Waals surface area contributed by atoms with Crippen LogP contribution in [0, 0.1) is 0 Å². The number of carbonyl (C=O) groups is 1. The number of nitrogens with zero attached hydrogens (tertiary/aromatic N) is 2. The Bertz CT molecular complexity index is 1030. The van der Waals surface area contributed by atoms with Crippen LogP contribution < -0.4 is 10.4 Å². The summed E-state index contributed by atoms with van der Waals surface area (Å²) in [6, 6.07) is 8.41. The number of rotatable bonds is 4. The lowest BCUT2D eigenvalue weighted by Gasteiger charge is -2.05. The third kappa shape index (κ3) is 2.54. The lowest BCUT2D eigenvalue weighted by molar-refractivity contribution is 0.0928. The summed E-state index contributed by atoms with van der Waals surface area (Å²) in [7, 11) is -2.68. The van der Waals surface area contributed by atoms with Gasteiger partial charge in [-0.2, -0.15) is 3.97 Å². The molecule has 0 fully saturated rings. The van der Waals surface area contributed by atoms with Gasteiger partial charge in [-0.15, -0.1) is 0 Å². The molecule has 0 bridgehead atoms. The fourth-order valence-electron chi connectivity index (χ4n) is 2.08. The third-order valence-electron chi connectivity index (χ3n) is 3.31. The Kier molecular flexibility index (Phi) is 3.86. The molecule has 8 nitrogen and oxygen atoms in total. The van der Waals surface area contributed by atoms with Crippen molar-refractivity contribution in [1.82, 2.24) is 8.54 Å². The first-order valence-corrected chi connectivity index (χ1v) is 8.17. The average Bonchev–Trinajstić information content (AvgIpc) is 3.24. The van der Waals surface area contributed by atoms with Crippen molar-refractivity contribution in [3.05, 3.63) is 71.3 Å². The summed E-state index contributed by atoms with van der Waals surface area (Å²) >= 11 is 0. The van der Waals surface area contributed by atoms with E-state index in [4.69, 9.17) is 9.15 Å². The van der Waals surface area contributed by atoms with E-state index in [1.54, 1.807) is 0 Å². The van der Waals surface area contributed by atoms with Gasteiger partial charge in [0, 0.05) is 12.4 Å². The summed E-state index contributed by atoms with van der Waals surface area (Å²) in [6.07, 6.45) is 3.38. The number of aromatic nitrogens is 2. The maximum absolute atomic E-state index is 12.6. The molecule has 0 saturated carbocycles. The van der Waals surface area contributed by atoms with Gasteiger partial charge in [0.1, 0.15) is 5.75 Å². The van der Waals surface area contributed by atoms with Crippen LogP contribution in [0.2, 0.25) is 0 Å². The highest BCUT2D eigenvalue weighted by Gasteiger charge is 2.23. The van der Waals surface area contributed by atoms with Crippen LogP contribution in [0.4, 0.5) is 0 Å². The molecule has 0 aliphatic rings. The van der Waals surface area contributed by atoms with E-state index in [1.165, 1.54) is 49.8 Å². The number of furan rings is 1. The smallest absolute Gasteiger partial charge is 0.349 e. The number of carbonyl (C=O) groups excluding carboxylic acids is 1. The summed E-state index contributed by atoms with van der Waals surface area (Å²) in [5.74, 6) is -0.350. The van der Waals surface area contributed by atoms with Gasteiger partial charge in [0.2, 0.25) is 0 Å². The summed E-state index contributed by atoms with van der Waals surface area (Å²) < 4.78 is 36.2. The van der Waals surface area contributed by atoms with Crippen LogP contribution in [-0.2, 0) is 10.0 Å². The highest BCUT2D eigenvalue weighted by atomic mass is 32.2. The van der Waals surface area contributed by atoms with Crippen molar-refractivity contribution < 1.29 is 22.4 Å². The van der Waals surface area contributed by atoms with E-state index >= 15 is 0 Å². The van der Waals surface area contributed by atoms with Crippen LogP contribution >= 0.6 is 0 Å². The zero-order chi connectivity index (χ0) is 17.3. The predicted molar refractivity (Wildman–Crippen MR) is 82.7 cm³/mol. The molecule has 24 heavy (non-hydrogen) atoms. The van der Waals surface area contributed by atoms with E-state index in [0.29, 0.717) is 14.3 Å². The average molecular weight is 348 g/mol. The van der Waals surface area contributed by atoms with E-state index in [1.807, 2.05) is 0 Å². The first-order valence-electron chi connectivity index (χ1n) is 6.73. The molecule has 0 unspecified atom stereocenters. The van der Waals surface area contributed by atoms with Gasteiger partial charge in [-0.1, -0.05) is 0 Å². The minimum atomic E-state index is -4.13. The third-order valence-corrected chi connectivity index (χ3v) is 4.98. The van der Waals surface area contributed by atoms with Gasteiger partial charge in [-0.05, 0) is 36.4 Å². The molecule has 0 radical (unpaired) electrons. The molecule has 124 valence electrons. The molecule has 2 aromatic heterocycles. The zero-order valence-corrected chi connectivity index (χ0v) is 13.3. The lowest BCUT2D eigenvalue weighted by atomic mass is 10.3.